The number of allylic oxidation sites excluding steroid dienone is 3. The van der Waals surface area contributed by atoms with Crippen LogP contribution in [0.1, 0.15) is 23.7 Å². The molecule has 0 saturated carbocycles. The molecule has 0 fully saturated rings. The normalized spacial score (nSPS) is 20.5. The van der Waals surface area contributed by atoms with Crippen LogP contribution in [-0.4, -0.2) is 30.2 Å². The highest BCUT2D eigenvalue weighted by Crippen LogP contribution is 2.34. The van der Waals surface area contributed by atoms with Gasteiger partial charge in [0.05, 0.1) is 18.2 Å². The maximum Gasteiger partial charge on any atom is 0.337 e. The molecule has 1 aromatic heterocycles. The number of benzene rings is 1. The Labute approximate surface area is 148 Å². The van der Waals surface area contributed by atoms with Crippen LogP contribution in [-0.2, 0) is 14.8 Å². The SMILES string of the molecule is COC(=O)c1cc(Br)c2c(ccn2S(=O)(=O)C2(C)C=CC=CC2)c1. The number of rotatable bonds is 3. The average molecular weight is 410 g/mol. The van der Waals surface area contributed by atoms with Crippen LogP contribution in [0.25, 0.3) is 10.9 Å². The third-order valence-electron chi connectivity index (χ3n) is 4.19. The first kappa shape index (κ1) is 17.0. The molecule has 1 aromatic carbocycles. The topological polar surface area (TPSA) is 65.4 Å². The predicted octanol–water partition coefficient (Wildman–Crippen LogP) is 3.64. The van der Waals surface area contributed by atoms with Crippen molar-refractivity contribution in [1.82, 2.24) is 3.97 Å². The second kappa shape index (κ2) is 5.89. The van der Waals surface area contributed by atoms with E-state index in [0.717, 1.165) is 0 Å². The molecule has 0 bridgehead atoms. The molecule has 0 radical (unpaired) electrons. The van der Waals surface area contributed by atoms with Gasteiger partial charge in [0.15, 0.2) is 0 Å². The highest BCUT2D eigenvalue weighted by atomic mass is 79.9. The van der Waals surface area contributed by atoms with Gasteiger partial charge in [-0.15, -0.1) is 0 Å². The minimum absolute atomic E-state index is 0.360. The number of nitrogens with zero attached hydrogens (tertiary/aromatic N) is 1. The van der Waals surface area contributed by atoms with E-state index in [-0.39, 0.29) is 0 Å². The van der Waals surface area contributed by atoms with Gasteiger partial charge in [-0.05, 0) is 47.5 Å². The highest BCUT2D eigenvalue weighted by Gasteiger charge is 2.38. The first-order chi connectivity index (χ1) is 11.3. The zero-order valence-electron chi connectivity index (χ0n) is 13.2. The average Bonchev–Trinajstić information content (AvgIpc) is 3.00. The molecule has 1 aliphatic carbocycles. The fraction of sp³-hybridized carbons (Fsp3) is 0.235. The Bertz CT molecular complexity index is 987. The maximum absolute atomic E-state index is 13.2. The molecule has 1 unspecified atom stereocenters. The van der Waals surface area contributed by atoms with Crippen molar-refractivity contribution in [3.8, 4) is 0 Å². The number of halogens is 1. The summed E-state index contributed by atoms with van der Waals surface area (Å²) < 4.78 is 31.9. The van der Waals surface area contributed by atoms with Gasteiger partial charge in [0, 0.05) is 16.1 Å². The quantitative estimate of drug-likeness (QED) is 0.725. The van der Waals surface area contributed by atoms with Crippen molar-refractivity contribution in [2.45, 2.75) is 18.1 Å². The molecule has 1 atom stereocenters. The highest BCUT2D eigenvalue weighted by molar-refractivity contribution is 9.10. The third-order valence-corrected chi connectivity index (χ3v) is 7.10. The summed E-state index contributed by atoms with van der Waals surface area (Å²) in [6.45, 7) is 1.70. The summed E-state index contributed by atoms with van der Waals surface area (Å²) in [4.78, 5) is 11.7. The van der Waals surface area contributed by atoms with E-state index in [0.29, 0.717) is 27.4 Å². The van der Waals surface area contributed by atoms with E-state index in [1.807, 2.05) is 12.2 Å². The lowest BCUT2D eigenvalue weighted by molar-refractivity contribution is 0.0601. The lowest BCUT2D eigenvalue weighted by Crippen LogP contribution is -2.37. The molecule has 0 spiro atoms. The maximum atomic E-state index is 13.2. The smallest absolute Gasteiger partial charge is 0.337 e. The second-order valence-corrected chi connectivity index (χ2v) is 8.94. The van der Waals surface area contributed by atoms with Crippen molar-refractivity contribution in [1.29, 1.82) is 0 Å². The summed E-state index contributed by atoms with van der Waals surface area (Å²) in [5.41, 5.74) is 0.866. The Morgan fingerprint density at radius 1 is 1.33 bits per heavy atom. The molecule has 0 aliphatic heterocycles. The Morgan fingerprint density at radius 3 is 2.71 bits per heavy atom. The molecule has 2 aromatic rings. The van der Waals surface area contributed by atoms with Crippen molar-refractivity contribution >= 4 is 42.8 Å². The van der Waals surface area contributed by atoms with Crippen LogP contribution in [0.2, 0.25) is 0 Å². The molecule has 3 rings (SSSR count). The molecule has 1 heterocycles. The Kier molecular flexibility index (Phi) is 4.17. The van der Waals surface area contributed by atoms with E-state index in [1.165, 1.54) is 17.3 Å². The molecule has 126 valence electrons. The van der Waals surface area contributed by atoms with Crippen molar-refractivity contribution in [3.05, 3.63) is 58.7 Å². The molecule has 7 heteroatoms. The van der Waals surface area contributed by atoms with Crippen molar-refractivity contribution in [2.24, 2.45) is 0 Å². The fourth-order valence-electron chi connectivity index (χ4n) is 2.76. The number of methoxy groups -OCH3 is 1. The minimum Gasteiger partial charge on any atom is -0.465 e. The Morgan fingerprint density at radius 2 is 2.08 bits per heavy atom. The standard InChI is InChI=1S/C17H16BrNO4S/c1-17(7-4-3-5-8-17)24(21,22)19-9-6-12-10-13(16(20)23-2)11-14(18)15(12)19/h3-7,9-11H,8H2,1-2H3. The van der Waals surface area contributed by atoms with Gasteiger partial charge in [-0.25, -0.2) is 17.2 Å². The predicted molar refractivity (Wildman–Crippen MR) is 96.6 cm³/mol. The summed E-state index contributed by atoms with van der Waals surface area (Å²) in [6.07, 6.45) is 9.05. The number of carbonyl (C=O) groups excluding carboxylic acids is 1. The Balaban J connectivity index is 2.20. The molecule has 5 nitrogen and oxygen atoms in total. The summed E-state index contributed by atoms with van der Waals surface area (Å²) in [5.74, 6) is -0.472. The first-order valence-electron chi connectivity index (χ1n) is 7.28. The first-order valence-corrected chi connectivity index (χ1v) is 9.52. The van der Waals surface area contributed by atoms with Gasteiger partial charge in [0.25, 0.3) is 0 Å². The van der Waals surface area contributed by atoms with Crippen molar-refractivity contribution in [2.75, 3.05) is 7.11 Å². The number of hydrogen-bond donors (Lipinski definition) is 0. The van der Waals surface area contributed by atoms with E-state index < -0.39 is 20.7 Å². The largest absolute Gasteiger partial charge is 0.465 e. The molecule has 24 heavy (non-hydrogen) atoms. The van der Waals surface area contributed by atoms with Crippen LogP contribution >= 0.6 is 15.9 Å². The van der Waals surface area contributed by atoms with Crippen LogP contribution < -0.4 is 0 Å². The minimum atomic E-state index is -3.67. The zero-order chi connectivity index (χ0) is 17.5. The van der Waals surface area contributed by atoms with Crippen LogP contribution in [0.5, 0.6) is 0 Å². The van der Waals surface area contributed by atoms with Crippen LogP contribution in [0, 0.1) is 0 Å². The van der Waals surface area contributed by atoms with E-state index in [2.05, 4.69) is 15.9 Å². The number of aromatic nitrogens is 1. The molecule has 0 saturated heterocycles. The number of hydrogen-bond acceptors (Lipinski definition) is 4. The monoisotopic (exact) mass is 409 g/mol. The van der Waals surface area contributed by atoms with Gasteiger partial charge in [0.1, 0.15) is 4.75 Å². The summed E-state index contributed by atoms with van der Waals surface area (Å²) in [5, 5.41) is 0.646. The van der Waals surface area contributed by atoms with Crippen LogP contribution in [0.3, 0.4) is 0 Å². The van der Waals surface area contributed by atoms with Gasteiger partial charge in [-0.2, -0.15) is 0 Å². The van der Waals surface area contributed by atoms with Crippen molar-refractivity contribution in [3.63, 3.8) is 0 Å². The van der Waals surface area contributed by atoms with E-state index in [4.69, 9.17) is 4.74 Å². The molecule has 0 N–H and O–H groups in total. The van der Waals surface area contributed by atoms with Gasteiger partial charge >= 0.3 is 5.97 Å². The molecule has 1 aliphatic rings. The van der Waals surface area contributed by atoms with E-state index >= 15 is 0 Å². The number of esters is 1. The summed E-state index contributed by atoms with van der Waals surface area (Å²) in [7, 11) is -2.37. The fourth-order valence-corrected chi connectivity index (χ4v) is 5.22. The van der Waals surface area contributed by atoms with E-state index in [9.17, 15) is 13.2 Å². The number of fused-ring (bicyclic) bond motifs is 1. The lowest BCUT2D eigenvalue weighted by atomic mass is 10.0. The molecular weight excluding hydrogens is 394 g/mol. The number of carbonyl (C=O) groups is 1. The van der Waals surface area contributed by atoms with E-state index in [1.54, 1.807) is 37.3 Å². The lowest BCUT2D eigenvalue weighted by Gasteiger charge is -2.27. The molecule has 0 amide bonds. The van der Waals surface area contributed by atoms with Crippen LogP contribution in [0.15, 0.2) is 53.2 Å². The zero-order valence-corrected chi connectivity index (χ0v) is 15.6. The third kappa shape index (κ3) is 2.52. The second-order valence-electron chi connectivity index (χ2n) is 5.81. The van der Waals surface area contributed by atoms with Crippen molar-refractivity contribution < 1.29 is 17.9 Å². The Hall–Kier alpha value is -1.86. The summed E-state index contributed by atoms with van der Waals surface area (Å²) in [6, 6.07) is 4.87. The number of ether oxygens (including phenoxy) is 1. The van der Waals surface area contributed by atoms with Gasteiger partial charge in [-0.3, -0.25) is 0 Å². The molecular formula is C17H16BrNO4S. The van der Waals surface area contributed by atoms with Gasteiger partial charge in [-0.1, -0.05) is 24.3 Å². The van der Waals surface area contributed by atoms with Crippen LogP contribution in [0.4, 0.5) is 0 Å². The summed E-state index contributed by atoms with van der Waals surface area (Å²) >= 11 is 3.38. The van der Waals surface area contributed by atoms with Gasteiger partial charge in [0.2, 0.25) is 10.0 Å². The van der Waals surface area contributed by atoms with Gasteiger partial charge < -0.3 is 4.74 Å².